The van der Waals surface area contributed by atoms with E-state index >= 15 is 0 Å². The molecule has 0 aliphatic heterocycles. The number of imidazole rings is 2. The van der Waals surface area contributed by atoms with Gasteiger partial charge in [-0.25, -0.2) is 9.97 Å². The molecule has 0 unspecified atom stereocenters. The first-order valence-corrected chi connectivity index (χ1v) is 17.5. The van der Waals surface area contributed by atoms with E-state index in [9.17, 15) is 0 Å². The minimum Gasteiger partial charge on any atom is -0.494 e. The molecule has 0 atom stereocenters. The van der Waals surface area contributed by atoms with Crippen molar-refractivity contribution in [2.75, 3.05) is 26.4 Å². The fourth-order valence-corrected chi connectivity index (χ4v) is 5.60. The van der Waals surface area contributed by atoms with Crippen LogP contribution >= 0.6 is 0 Å². The summed E-state index contributed by atoms with van der Waals surface area (Å²) >= 11 is 0. The summed E-state index contributed by atoms with van der Waals surface area (Å²) in [6.45, 7) is 18.9. The van der Waals surface area contributed by atoms with Crippen LogP contribution in [0.1, 0.15) is 40.5 Å². The van der Waals surface area contributed by atoms with E-state index < -0.39 is 0 Å². The van der Waals surface area contributed by atoms with Gasteiger partial charge in [-0.05, 0) is 88.4 Å². The van der Waals surface area contributed by atoms with E-state index in [-0.39, 0.29) is 12.1 Å². The minimum atomic E-state index is 0.288. The van der Waals surface area contributed by atoms with Crippen molar-refractivity contribution >= 4 is 46.9 Å². The summed E-state index contributed by atoms with van der Waals surface area (Å²) in [4.78, 5) is 16.4. The summed E-state index contributed by atoms with van der Waals surface area (Å²) in [7, 11) is 0. The van der Waals surface area contributed by atoms with Crippen molar-refractivity contribution in [3.8, 4) is 34.3 Å². The van der Waals surface area contributed by atoms with Gasteiger partial charge in [0, 0.05) is 61.4 Å². The highest BCUT2D eigenvalue weighted by molar-refractivity contribution is 5.82. The molecule has 0 fully saturated rings. The second-order valence-corrected chi connectivity index (χ2v) is 13.1. The van der Waals surface area contributed by atoms with Crippen molar-refractivity contribution < 1.29 is 23.6 Å². The Labute approximate surface area is 299 Å². The first-order valence-electron chi connectivity index (χ1n) is 17.5. The average Bonchev–Trinajstić information content (AvgIpc) is 3.75. The van der Waals surface area contributed by atoms with Crippen LogP contribution in [0.2, 0.25) is 0 Å². The monoisotopic (exact) mass is 688 g/mol. The Hall–Kier alpha value is -5.68. The number of ether oxygens (including phenoxy) is 3. The highest BCUT2D eigenvalue weighted by Crippen LogP contribution is 2.27. The Balaban J connectivity index is 0.868. The van der Waals surface area contributed by atoms with Crippen LogP contribution in [-0.4, -0.2) is 81.3 Å². The molecule has 0 aliphatic rings. The lowest BCUT2D eigenvalue weighted by Crippen LogP contribution is -2.30. The second kappa shape index (κ2) is 16.4. The molecule has 264 valence electrons. The quantitative estimate of drug-likeness (QED) is 0.0319. The van der Waals surface area contributed by atoms with Crippen LogP contribution in [0, 0.1) is 0 Å². The Kier molecular flexibility index (Phi) is 11.3. The van der Waals surface area contributed by atoms with E-state index in [4.69, 9.17) is 24.2 Å². The van der Waals surface area contributed by atoms with Crippen LogP contribution in [0.3, 0.4) is 0 Å². The van der Waals surface area contributed by atoms with Gasteiger partial charge in [0.15, 0.2) is 13.4 Å². The molecule has 4 aromatic carbocycles. The zero-order chi connectivity index (χ0) is 35.7. The fraction of sp³-hybridized carbons (Fsp3) is 0.300. The van der Waals surface area contributed by atoms with E-state index in [1.807, 2.05) is 84.9 Å². The summed E-state index contributed by atoms with van der Waals surface area (Å²) in [5.41, 5.74) is 14.2. The van der Waals surface area contributed by atoms with Gasteiger partial charge < -0.3 is 24.2 Å². The molecular formula is C40H48N8O3+2. The van der Waals surface area contributed by atoms with Gasteiger partial charge in [-0.1, -0.05) is 9.37 Å². The number of nitrogens with zero attached hydrogens (tertiary/aromatic N) is 4. The largest absolute Gasteiger partial charge is 0.494 e. The molecule has 11 heteroatoms. The molecule has 2 aromatic heterocycles. The molecule has 0 radical (unpaired) electrons. The number of nitrogens with one attached hydrogen (secondary N) is 4. The van der Waals surface area contributed by atoms with Gasteiger partial charge in [-0.15, -0.1) is 0 Å². The van der Waals surface area contributed by atoms with Gasteiger partial charge in [0.25, 0.3) is 0 Å². The van der Waals surface area contributed by atoms with Gasteiger partial charge in [0.05, 0.1) is 47.4 Å². The second-order valence-electron chi connectivity index (χ2n) is 13.1. The number of fused-ring (bicyclic) bond motifs is 2. The van der Waals surface area contributed by atoms with Crippen molar-refractivity contribution in [2.45, 2.75) is 52.6 Å². The Morgan fingerprint density at radius 2 is 1.00 bits per heavy atom. The molecule has 6 rings (SSSR count). The van der Waals surface area contributed by atoms with Crippen LogP contribution in [0.15, 0.2) is 84.9 Å². The number of aromatic amines is 2. The van der Waals surface area contributed by atoms with Crippen LogP contribution in [0.5, 0.6) is 11.5 Å². The zero-order valence-corrected chi connectivity index (χ0v) is 29.9. The highest BCUT2D eigenvalue weighted by atomic mass is 16.5. The first kappa shape index (κ1) is 35.2. The van der Waals surface area contributed by atoms with Crippen molar-refractivity contribution in [3.63, 3.8) is 0 Å². The Bertz CT molecular complexity index is 1930. The molecule has 2 heterocycles. The highest BCUT2D eigenvalue weighted by Gasteiger charge is 2.14. The molecule has 4 N–H and O–H groups in total. The van der Waals surface area contributed by atoms with Crippen molar-refractivity contribution in [3.05, 3.63) is 84.9 Å². The average molecular weight is 689 g/mol. The lowest BCUT2D eigenvalue weighted by atomic mass is 10.2. The van der Waals surface area contributed by atoms with E-state index in [0.717, 1.165) is 80.6 Å². The molecule has 0 amide bonds. The topological polar surface area (TPSA) is 115 Å². The minimum absolute atomic E-state index is 0.288. The van der Waals surface area contributed by atoms with Crippen molar-refractivity contribution in [1.29, 1.82) is 0 Å². The Morgan fingerprint density at radius 1 is 0.588 bits per heavy atom. The molecule has 0 aliphatic carbocycles. The fourth-order valence-electron chi connectivity index (χ4n) is 5.60. The summed E-state index contributed by atoms with van der Waals surface area (Å²) in [6, 6.07) is 28.6. The summed E-state index contributed by atoms with van der Waals surface area (Å²) in [5, 5.41) is 0. The number of H-pyrrole nitrogens is 2. The molecule has 6 aromatic rings. The van der Waals surface area contributed by atoms with Crippen molar-refractivity contribution in [1.82, 2.24) is 30.8 Å². The summed E-state index contributed by atoms with van der Waals surface area (Å²) in [5.74, 6) is 3.26. The van der Waals surface area contributed by atoms with Gasteiger partial charge >= 0.3 is 0 Å². The van der Waals surface area contributed by atoms with Gasteiger partial charge in [0.2, 0.25) is 11.4 Å². The van der Waals surface area contributed by atoms with Crippen molar-refractivity contribution in [2.24, 2.45) is 0 Å². The number of rotatable bonds is 18. The lowest BCUT2D eigenvalue weighted by Gasteiger charge is -2.09. The predicted molar refractivity (Wildman–Crippen MR) is 205 cm³/mol. The SMILES string of the molecule is C=[N+](NC(C)C)c1ccc2nc(-c3ccc(OCCCOCCCOc4ccc(-c5nc6ccc([N+](=C)NC(C)C)cc6[nH]5)cc4)cc3)[nH]c2c1. The van der Waals surface area contributed by atoms with Gasteiger partial charge in [-0.3, -0.25) is 0 Å². The van der Waals surface area contributed by atoms with Gasteiger partial charge in [-0.2, -0.15) is 10.9 Å². The standard InChI is InChI=1S/C40H48N8O3/c1-27(2)45-47(5)31-13-19-35-37(25-31)43-39(41-35)29-9-15-33(16-10-29)50-23-7-21-49-22-8-24-51-34-17-11-30(12-18-34)40-42-36-20-14-32(26-38(36)44-40)48(6)46-28(3)4/h9-20,25-28,45-46H,5-8,21-24H2,1-4H3,(H,41,43)(H,42,44)/q+2. The van der Waals surface area contributed by atoms with Crippen LogP contribution in [-0.2, 0) is 4.74 Å². The van der Waals surface area contributed by atoms with Crippen LogP contribution in [0.4, 0.5) is 11.4 Å². The van der Waals surface area contributed by atoms with Gasteiger partial charge in [0.1, 0.15) is 23.1 Å². The lowest BCUT2D eigenvalue weighted by molar-refractivity contribution is -0.504. The maximum atomic E-state index is 5.93. The van der Waals surface area contributed by atoms with E-state index in [0.29, 0.717) is 26.4 Å². The maximum absolute atomic E-state index is 5.93. The molecule has 11 nitrogen and oxygen atoms in total. The van der Waals surface area contributed by atoms with E-state index in [1.165, 1.54) is 0 Å². The Morgan fingerprint density at radius 3 is 1.39 bits per heavy atom. The molecule has 0 bridgehead atoms. The number of hydrazone groups is 2. The molecule has 0 saturated carbocycles. The molecule has 51 heavy (non-hydrogen) atoms. The molecular weight excluding hydrogens is 640 g/mol. The molecule has 0 saturated heterocycles. The normalized spacial score (nSPS) is 11.4. The summed E-state index contributed by atoms with van der Waals surface area (Å²) in [6.07, 6.45) is 1.60. The maximum Gasteiger partial charge on any atom is 0.236 e. The first-order chi connectivity index (χ1) is 24.7. The molecule has 0 spiro atoms. The number of aromatic nitrogens is 4. The third-order valence-electron chi connectivity index (χ3n) is 8.04. The van der Waals surface area contributed by atoms with Crippen LogP contribution in [0.25, 0.3) is 44.8 Å². The number of hydrogen-bond acceptors (Lipinski definition) is 7. The third-order valence-corrected chi connectivity index (χ3v) is 8.04. The van der Waals surface area contributed by atoms with E-state index in [1.54, 1.807) is 9.37 Å². The predicted octanol–water partition coefficient (Wildman–Crippen LogP) is 7.54. The summed E-state index contributed by atoms with van der Waals surface area (Å²) < 4.78 is 21.2. The number of benzene rings is 4. The smallest absolute Gasteiger partial charge is 0.236 e. The van der Waals surface area contributed by atoms with Crippen LogP contribution < -0.4 is 20.3 Å². The van der Waals surface area contributed by atoms with E-state index in [2.05, 4.69) is 61.9 Å². The zero-order valence-electron chi connectivity index (χ0n) is 29.9. The number of hydrazine groups is 2. The third kappa shape index (κ3) is 9.31. The number of hydrogen-bond donors (Lipinski definition) is 4.